The van der Waals surface area contributed by atoms with Gasteiger partial charge >= 0.3 is 0 Å². The third kappa shape index (κ3) is 4.27. The highest BCUT2D eigenvalue weighted by molar-refractivity contribution is 5.75. The molecule has 0 aromatic carbocycles. The Morgan fingerprint density at radius 3 is 2.88 bits per heavy atom. The summed E-state index contributed by atoms with van der Waals surface area (Å²) in [7, 11) is 0. The zero-order chi connectivity index (χ0) is 16.8. The van der Waals surface area contributed by atoms with Gasteiger partial charge in [-0.25, -0.2) is 9.97 Å². The fourth-order valence-electron chi connectivity index (χ4n) is 3.50. The number of nitrogens with zero attached hydrogens (tertiary/aromatic N) is 4. The van der Waals surface area contributed by atoms with Crippen molar-refractivity contribution in [3.63, 3.8) is 0 Å². The van der Waals surface area contributed by atoms with Gasteiger partial charge in [-0.3, -0.25) is 4.90 Å². The molecule has 1 aromatic heterocycles. The maximum absolute atomic E-state index is 6.35. The zero-order valence-electron chi connectivity index (χ0n) is 14.7. The van der Waals surface area contributed by atoms with Crippen molar-refractivity contribution < 1.29 is 4.74 Å². The summed E-state index contributed by atoms with van der Waals surface area (Å²) in [6.07, 6.45) is 6.38. The number of morpholine rings is 1. The molecule has 3 heterocycles. The Morgan fingerprint density at radius 1 is 1.25 bits per heavy atom. The average molecular weight is 334 g/mol. The van der Waals surface area contributed by atoms with Crippen molar-refractivity contribution in [2.75, 3.05) is 61.9 Å². The largest absolute Gasteiger partial charge is 0.393 e. The molecule has 2 saturated heterocycles. The van der Waals surface area contributed by atoms with Crippen LogP contribution < -0.4 is 16.0 Å². The van der Waals surface area contributed by atoms with Crippen LogP contribution >= 0.6 is 0 Å². The second-order valence-corrected chi connectivity index (χ2v) is 6.73. The Labute approximate surface area is 144 Å². The minimum absolute atomic E-state index is 0.491. The van der Waals surface area contributed by atoms with Crippen molar-refractivity contribution in [2.45, 2.75) is 38.6 Å². The van der Waals surface area contributed by atoms with Crippen molar-refractivity contribution in [1.82, 2.24) is 14.9 Å². The van der Waals surface area contributed by atoms with Crippen LogP contribution in [0.25, 0.3) is 0 Å². The predicted molar refractivity (Wildman–Crippen MR) is 97.5 cm³/mol. The fourth-order valence-corrected chi connectivity index (χ4v) is 3.50. The quantitative estimate of drug-likeness (QED) is 0.764. The summed E-state index contributed by atoms with van der Waals surface area (Å²) < 4.78 is 5.38. The molecule has 0 bridgehead atoms. The molecule has 2 aliphatic heterocycles. The molecule has 24 heavy (non-hydrogen) atoms. The first-order chi connectivity index (χ1) is 11.8. The molecule has 7 nitrogen and oxygen atoms in total. The molecule has 1 aromatic rings. The van der Waals surface area contributed by atoms with E-state index in [1.165, 1.54) is 19.3 Å². The lowest BCUT2D eigenvalue weighted by molar-refractivity contribution is 0.0378. The molecule has 0 saturated carbocycles. The number of nitrogens with two attached hydrogens (primary N) is 1. The van der Waals surface area contributed by atoms with Crippen molar-refractivity contribution >= 4 is 17.3 Å². The Balaban J connectivity index is 1.53. The number of nitrogens with one attached hydrogen (secondary N) is 1. The van der Waals surface area contributed by atoms with Crippen LogP contribution in [0.1, 0.15) is 32.6 Å². The Bertz CT molecular complexity index is 520. The van der Waals surface area contributed by atoms with Gasteiger partial charge in [-0.2, -0.15) is 0 Å². The van der Waals surface area contributed by atoms with Gasteiger partial charge in [0, 0.05) is 32.2 Å². The van der Waals surface area contributed by atoms with Crippen molar-refractivity contribution in [3.05, 3.63) is 6.33 Å². The first kappa shape index (κ1) is 17.2. The van der Waals surface area contributed by atoms with E-state index in [4.69, 9.17) is 10.5 Å². The van der Waals surface area contributed by atoms with E-state index < -0.39 is 0 Å². The third-order valence-electron chi connectivity index (χ3n) is 4.99. The normalized spacial score (nSPS) is 22.5. The molecule has 3 N–H and O–H groups in total. The maximum atomic E-state index is 6.35. The summed E-state index contributed by atoms with van der Waals surface area (Å²) in [5.74, 6) is 1.65. The molecule has 1 unspecified atom stereocenters. The van der Waals surface area contributed by atoms with E-state index >= 15 is 0 Å². The summed E-state index contributed by atoms with van der Waals surface area (Å²) in [4.78, 5) is 13.5. The minimum atomic E-state index is 0.491. The fraction of sp³-hybridized carbons (Fsp3) is 0.765. The van der Waals surface area contributed by atoms with Gasteiger partial charge in [-0.15, -0.1) is 0 Å². The van der Waals surface area contributed by atoms with E-state index in [1.807, 2.05) is 0 Å². The minimum Gasteiger partial charge on any atom is -0.393 e. The first-order valence-corrected chi connectivity index (χ1v) is 9.17. The van der Waals surface area contributed by atoms with E-state index in [-0.39, 0.29) is 0 Å². The average Bonchev–Trinajstić information content (AvgIpc) is 2.62. The maximum Gasteiger partial charge on any atom is 0.157 e. The van der Waals surface area contributed by atoms with Crippen LogP contribution in [0.4, 0.5) is 17.3 Å². The SMILES string of the molecule is CC1CCCCN1c1ncnc(NCCCN2CCOCC2)c1N. The molecule has 2 aliphatic rings. The predicted octanol–water partition coefficient (Wildman–Crippen LogP) is 1.57. The van der Waals surface area contributed by atoms with Gasteiger partial charge in [-0.05, 0) is 39.2 Å². The highest BCUT2D eigenvalue weighted by atomic mass is 16.5. The summed E-state index contributed by atoms with van der Waals surface area (Å²) >= 11 is 0. The molecule has 0 amide bonds. The topological polar surface area (TPSA) is 79.5 Å². The summed E-state index contributed by atoms with van der Waals surface area (Å²) in [6.45, 7) is 8.99. The highest BCUT2D eigenvalue weighted by Crippen LogP contribution is 2.30. The summed E-state index contributed by atoms with van der Waals surface area (Å²) in [5.41, 5.74) is 7.02. The standard InChI is InChI=1S/C17H30N6O/c1-14-5-2-3-8-23(14)17-15(18)16(20-13-21-17)19-6-4-7-22-9-11-24-12-10-22/h13-14H,2-12,18H2,1H3,(H,19,20,21). The van der Waals surface area contributed by atoms with Crippen molar-refractivity contribution in [1.29, 1.82) is 0 Å². The number of aromatic nitrogens is 2. The number of hydrogen-bond acceptors (Lipinski definition) is 7. The van der Waals surface area contributed by atoms with Crippen LogP contribution in [0.15, 0.2) is 6.33 Å². The molecule has 3 rings (SSSR count). The molecule has 7 heteroatoms. The van der Waals surface area contributed by atoms with Gasteiger partial charge in [0.25, 0.3) is 0 Å². The van der Waals surface area contributed by atoms with Crippen LogP contribution in [0.3, 0.4) is 0 Å². The lowest BCUT2D eigenvalue weighted by Crippen LogP contribution is -2.38. The molecule has 134 valence electrons. The second-order valence-electron chi connectivity index (χ2n) is 6.73. The number of anilines is 3. The second kappa shape index (κ2) is 8.48. The number of ether oxygens (including phenoxy) is 1. The van der Waals surface area contributed by atoms with Gasteiger partial charge in [0.2, 0.25) is 0 Å². The number of rotatable bonds is 6. The van der Waals surface area contributed by atoms with E-state index in [2.05, 4.69) is 32.0 Å². The number of nitrogen functional groups attached to an aromatic ring is 1. The first-order valence-electron chi connectivity index (χ1n) is 9.17. The van der Waals surface area contributed by atoms with Crippen molar-refractivity contribution in [3.8, 4) is 0 Å². The Hall–Kier alpha value is -1.60. The van der Waals surface area contributed by atoms with Gasteiger partial charge in [0.05, 0.1) is 13.2 Å². The summed E-state index contributed by atoms with van der Waals surface area (Å²) in [5, 5.41) is 3.39. The number of hydrogen-bond donors (Lipinski definition) is 2. The lowest BCUT2D eigenvalue weighted by Gasteiger charge is -2.35. The smallest absolute Gasteiger partial charge is 0.157 e. The van der Waals surface area contributed by atoms with Gasteiger partial charge in [0.15, 0.2) is 11.6 Å². The Morgan fingerprint density at radius 2 is 2.08 bits per heavy atom. The van der Waals surface area contributed by atoms with Gasteiger partial charge < -0.3 is 20.7 Å². The van der Waals surface area contributed by atoms with Gasteiger partial charge in [-0.1, -0.05) is 0 Å². The third-order valence-corrected chi connectivity index (χ3v) is 4.99. The molecule has 0 radical (unpaired) electrons. The van der Waals surface area contributed by atoms with Crippen LogP contribution in [0.2, 0.25) is 0 Å². The van der Waals surface area contributed by atoms with E-state index in [0.717, 1.165) is 64.0 Å². The van der Waals surface area contributed by atoms with Crippen molar-refractivity contribution in [2.24, 2.45) is 0 Å². The molecular weight excluding hydrogens is 304 g/mol. The highest BCUT2D eigenvalue weighted by Gasteiger charge is 2.22. The van der Waals surface area contributed by atoms with Gasteiger partial charge in [0.1, 0.15) is 12.0 Å². The van der Waals surface area contributed by atoms with E-state index in [0.29, 0.717) is 11.7 Å². The van der Waals surface area contributed by atoms with Crippen LogP contribution in [-0.4, -0.2) is 66.8 Å². The Kier molecular flexibility index (Phi) is 6.09. The zero-order valence-corrected chi connectivity index (χ0v) is 14.7. The van der Waals surface area contributed by atoms with E-state index in [9.17, 15) is 0 Å². The van der Waals surface area contributed by atoms with E-state index in [1.54, 1.807) is 6.33 Å². The van der Waals surface area contributed by atoms with Crippen LogP contribution in [-0.2, 0) is 4.74 Å². The molecule has 1 atom stereocenters. The number of piperidine rings is 1. The lowest BCUT2D eigenvalue weighted by atomic mass is 10.0. The monoisotopic (exact) mass is 334 g/mol. The molecular formula is C17H30N6O. The molecule has 0 spiro atoms. The molecule has 2 fully saturated rings. The summed E-state index contributed by atoms with van der Waals surface area (Å²) in [6, 6.07) is 0.491. The van der Waals surface area contributed by atoms with Crippen LogP contribution in [0.5, 0.6) is 0 Å². The van der Waals surface area contributed by atoms with Crippen LogP contribution in [0, 0.1) is 0 Å². The molecule has 0 aliphatic carbocycles.